The third-order valence-corrected chi connectivity index (χ3v) is 9.23. The Hall–Kier alpha value is -3.77. The predicted octanol–water partition coefficient (Wildman–Crippen LogP) is 5.98. The van der Waals surface area contributed by atoms with Crippen LogP contribution in [-0.2, 0) is 12.8 Å². The van der Waals surface area contributed by atoms with E-state index in [4.69, 9.17) is 10.5 Å². The molecule has 0 spiro atoms. The van der Waals surface area contributed by atoms with Crippen LogP contribution in [0, 0.1) is 5.82 Å². The minimum Gasteiger partial charge on any atom is -0.470 e. The van der Waals surface area contributed by atoms with E-state index in [1.165, 1.54) is 38.2 Å². The van der Waals surface area contributed by atoms with Gasteiger partial charge in [0.1, 0.15) is 12.4 Å². The van der Waals surface area contributed by atoms with Gasteiger partial charge in [-0.3, -0.25) is 9.69 Å². The Morgan fingerprint density at radius 1 is 0.933 bits per heavy atom. The van der Waals surface area contributed by atoms with Crippen molar-refractivity contribution < 1.29 is 27.1 Å². The predicted molar refractivity (Wildman–Crippen MR) is 162 cm³/mol. The van der Waals surface area contributed by atoms with E-state index in [-0.39, 0.29) is 23.8 Å². The second kappa shape index (κ2) is 13.3. The van der Waals surface area contributed by atoms with Crippen molar-refractivity contribution in [1.29, 1.82) is 0 Å². The molecule has 8 nitrogen and oxygen atoms in total. The molecule has 3 aromatic rings. The average molecular weight is 627 g/mol. The topological polar surface area (TPSA) is 87.8 Å². The fraction of sp³-hybridized carbons (Fsp3) is 0.485. The van der Waals surface area contributed by atoms with E-state index in [2.05, 4.69) is 19.8 Å². The number of nitrogens with zero attached hydrogens (tertiary/aromatic N) is 5. The van der Waals surface area contributed by atoms with E-state index in [0.717, 1.165) is 57.3 Å². The Bertz CT molecular complexity index is 1500. The maximum Gasteiger partial charge on any atom is 0.419 e. The standard InChI is InChI=1S/C33H38F4N6O2/c34-26-10-6-9-24(29(26)33(35,36)37)21-45-31-30(38)39-20-27(40-31)22-7-5-8-23(19-22)32(44)43-16-2-1-11-28(43)42-17-12-25(13-18-42)41-14-3-4-15-41/h5-10,19-20,25,28H,1-4,11-18,21H2,(H2,38,39). The van der Waals surface area contributed by atoms with E-state index in [9.17, 15) is 22.4 Å². The van der Waals surface area contributed by atoms with Crippen molar-refractivity contribution in [1.82, 2.24) is 24.7 Å². The van der Waals surface area contributed by atoms with Gasteiger partial charge in [-0.05, 0) is 76.2 Å². The van der Waals surface area contributed by atoms with Crippen LogP contribution in [0.3, 0.4) is 0 Å². The summed E-state index contributed by atoms with van der Waals surface area (Å²) in [6.07, 6.45) is 4.42. The number of amides is 1. The van der Waals surface area contributed by atoms with Gasteiger partial charge in [0.05, 0.1) is 23.6 Å². The molecule has 0 saturated carbocycles. The summed E-state index contributed by atoms with van der Waals surface area (Å²) in [6, 6.07) is 10.8. The van der Waals surface area contributed by atoms with E-state index in [0.29, 0.717) is 29.4 Å². The van der Waals surface area contributed by atoms with E-state index in [1.807, 2.05) is 4.90 Å². The van der Waals surface area contributed by atoms with Gasteiger partial charge < -0.3 is 20.3 Å². The van der Waals surface area contributed by atoms with Crippen molar-refractivity contribution in [3.63, 3.8) is 0 Å². The smallest absolute Gasteiger partial charge is 0.419 e. The lowest BCUT2D eigenvalue weighted by atomic mass is 9.99. The number of carbonyl (C=O) groups excluding carboxylic acids is 1. The van der Waals surface area contributed by atoms with Crippen molar-refractivity contribution in [3.8, 4) is 17.1 Å². The van der Waals surface area contributed by atoms with Crippen LogP contribution in [0.1, 0.15) is 66.4 Å². The Morgan fingerprint density at radius 3 is 2.42 bits per heavy atom. The number of benzene rings is 2. The summed E-state index contributed by atoms with van der Waals surface area (Å²) >= 11 is 0. The second-order valence-corrected chi connectivity index (χ2v) is 12.1. The zero-order chi connectivity index (χ0) is 31.6. The fourth-order valence-corrected chi connectivity index (χ4v) is 6.94. The molecule has 1 amide bonds. The Balaban J connectivity index is 1.16. The normalized spacial score (nSPS) is 20.4. The van der Waals surface area contributed by atoms with E-state index in [1.54, 1.807) is 24.3 Å². The molecular formula is C33H38F4N6O2. The number of carbonyl (C=O) groups is 1. The molecule has 1 atom stereocenters. The molecule has 3 fully saturated rings. The summed E-state index contributed by atoms with van der Waals surface area (Å²) in [6.45, 7) is 4.46. The molecule has 3 saturated heterocycles. The van der Waals surface area contributed by atoms with Gasteiger partial charge in [0.2, 0.25) is 0 Å². The lowest BCUT2D eigenvalue weighted by molar-refractivity contribution is -0.141. The van der Waals surface area contributed by atoms with Crippen LogP contribution in [0.2, 0.25) is 0 Å². The van der Waals surface area contributed by atoms with Gasteiger partial charge >= 0.3 is 6.18 Å². The molecule has 0 aliphatic carbocycles. The zero-order valence-electron chi connectivity index (χ0n) is 25.1. The van der Waals surface area contributed by atoms with Crippen molar-refractivity contribution >= 4 is 11.7 Å². The lowest BCUT2D eigenvalue weighted by Gasteiger charge is -2.46. The van der Waals surface area contributed by atoms with Gasteiger partial charge in [0.25, 0.3) is 11.8 Å². The Labute approximate surface area is 260 Å². The molecule has 45 heavy (non-hydrogen) atoms. The third kappa shape index (κ3) is 6.91. The van der Waals surface area contributed by atoms with Crippen LogP contribution < -0.4 is 10.5 Å². The highest BCUT2D eigenvalue weighted by atomic mass is 19.4. The van der Waals surface area contributed by atoms with Crippen LogP contribution in [0.25, 0.3) is 11.3 Å². The first-order chi connectivity index (χ1) is 21.7. The first-order valence-electron chi connectivity index (χ1n) is 15.7. The first kappa shape index (κ1) is 31.2. The van der Waals surface area contributed by atoms with Crippen molar-refractivity contribution in [2.45, 2.75) is 69.9 Å². The number of piperidine rings is 2. The summed E-state index contributed by atoms with van der Waals surface area (Å²) in [4.78, 5) is 29.5. The molecule has 1 aromatic heterocycles. The molecule has 1 unspecified atom stereocenters. The van der Waals surface area contributed by atoms with Gasteiger partial charge in [-0.1, -0.05) is 24.3 Å². The van der Waals surface area contributed by atoms with Crippen LogP contribution >= 0.6 is 0 Å². The fourth-order valence-electron chi connectivity index (χ4n) is 6.94. The summed E-state index contributed by atoms with van der Waals surface area (Å²) in [5.74, 6) is -1.75. The van der Waals surface area contributed by atoms with Crippen LogP contribution in [0.5, 0.6) is 5.88 Å². The quantitative estimate of drug-likeness (QED) is 0.323. The van der Waals surface area contributed by atoms with Gasteiger partial charge in [-0.25, -0.2) is 14.4 Å². The minimum atomic E-state index is -4.90. The second-order valence-electron chi connectivity index (χ2n) is 12.1. The highest BCUT2D eigenvalue weighted by Crippen LogP contribution is 2.35. The number of aromatic nitrogens is 2. The number of rotatable bonds is 7. The summed E-state index contributed by atoms with van der Waals surface area (Å²) in [5.41, 5.74) is 5.58. The number of anilines is 1. The summed E-state index contributed by atoms with van der Waals surface area (Å²) in [5, 5.41) is 0. The number of hydrogen-bond donors (Lipinski definition) is 1. The molecule has 0 bridgehead atoms. The van der Waals surface area contributed by atoms with Crippen molar-refractivity contribution in [3.05, 3.63) is 71.2 Å². The monoisotopic (exact) mass is 626 g/mol. The summed E-state index contributed by atoms with van der Waals surface area (Å²) < 4.78 is 59.9. The molecule has 2 N–H and O–H groups in total. The number of halogens is 4. The third-order valence-electron chi connectivity index (χ3n) is 9.23. The van der Waals surface area contributed by atoms with Crippen LogP contribution in [0.15, 0.2) is 48.7 Å². The largest absolute Gasteiger partial charge is 0.470 e. The average Bonchev–Trinajstić information content (AvgIpc) is 3.59. The molecule has 0 radical (unpaired) electrons. The molecular weight excluding hydrogens is 588 g/mol. The molecule has 12 heteroatoms. The number of alkyl halides is 3. The molecule has 2 aromatic carbocycles. The summed E-state index contributed by atoms with van der Waals surface area (Å²) in [7, 11) is 0. The highest BCUT2D eigenvalue weighted by Gasteiger charge is 2.37. The van der Waals surface area contributed by atoms with E-state index < -0.39 is 29.7 Å². The number of nitrogens with two attached hydrogens (primary N) is 1. The minimum absolute atomic E-state index is 0.0473. The molecule has 3 aliphatic heterocycles. The van der Waals surface area contributed by atoms with Crippen LogP contribution in [0.4, 0.5) is 23.4 Å². The number of hydrogen-bond acceptors (Lipinski definition) is 7. The first-order valence-corrected chi connectivity index (χ1v) is 15.7. The Kier molecular flexibility index (Phi) is 9.23. The number of ether oxygens (including phenoxy) is 1. The van der Waals surface area contributed by atoms with Crippen molar-refractivity contribution in [2.24, 2.45) is 0 Å². The van der Waals surface area contributed by atoms with Crippen LogP contribution in [-0.4, -0.2) is 75.5 Å². The highest BCUT2D eigenvalue weighted by molar-refractivity contribution is 5.95. The Morgan fingerprint density at radius 2 is 1.67 bits per heavy atom. The molecule has 240 valence electrons. The number of nitrogen functional groups attached to an aromatic ring is 1. The maximum atomic E-state index is 14.0. The SMILES string of the molecule is Nc1ncc(-c2cccc(C(=O)N3CCCCC3N3CCC(N4CCCC4)CC3)c2)nc1OCc1cccc(F)c1C(F)(F)F. The van der Waals surface area contributed by atoms with Gasteiger partial charge in [-0.15, -0.1) is 0 Å². The lowest BCUT2D eigenvalue weighted by Crippen LogP contribution is -2.56. The van der Waals surface area contributed by atoms with Gasteiger partial charge in [0, 0.05) is 42.4 Å². The van der Waals surface area contributed by atoms with E-state index >= 15 is 0 Å². The van der Waals surface area contributed by atoms with Crippen molar-refractivity contribution in [2.75, 3.05) is 38.5 Å². The molecule has 6 rings (SSSR count). The molecule has 4 heterocycles. The van der Waals surface area contributed by atoms with Gasteiger partial charge in [-0.2, -0.15) is 13.2 Å². The zero-order valence-corrected chi connectivity index (χ0v) is 25.1. The van der Waals surface area contributed by atoms with Gasteiger partial charge in [0.15, 0.2) is 5.82 Å². The molecule has 3 aliphatic rings. The maximum absolute atomic E-state index is 14.0. The number of likely N-dealkylation sites (tertiary alicyclic amines) is 3.